The Labute approximate surface area is 148 Å². The Morgan fingerprint density at radius 3 is 2.68 bits per heavy atom. The zero-order chi connectivity index (χ0) is 18.2. The van der Waals surface area contributed by atoms with Gasteiger partial charge < -0.3 is 14.8 Å². The molecule has 0 saturated carbocycles. The maximum atomic E-state index is 12.5. The number of amides is 1. The van der Waals surface area contributed by atoms with E-state index in [0.717, 1.165) is 11.3 Å². The van der Waals surface area contributed by atoms with Crippen molar-refractivity contribution in [3.63, 3.8) is 0 Å². The summed E-state index contributed by atoms with van der Waals surface area (Å²) >= 11 is 0. The highest BCUT2D eigenvalue weighted by atomic mass is 16.6. The molecule has 1 fully saturated rings. The van der Waals surface area contributed by atoms with Crippen molar-refractivity contribution in [3.05, 3.63) is 36.3 Å². The Morgan fingerprint density at radius 1 is 1.36 bits per heavy atom. The van der Waals surface area contributed by atoms with Gasteiger partial charge in [0.05, 0.1) is 30.6 Å². The highest BCUT2D eigenvalue weighted by Crippen LogP contribution is 2.33. The van der Waals surface area contributed by atoms with E-state index in [1.807, 2.05) is 52.9 Å². The van der Waals surface area contributed by atoms with Crippen molar-refractivity contribution in [1.82, 2.24) is 14.9 Å². The first-order valence-electron chi connectivity index (χ1n) is 8.52. The summed E-state index contributed by atoms with van der Waals surface area (Å²) in [4.78, 5) is 21.7. The zero-order valence-electron chi connectivity index (χ0n) is 15.1. The number of hydrogen-bond acceptors (Lipinski definition) is 4. The molecule has 2 heterocycles. The van der Waals surface area contributed by atoms with Gasteiger partial charge in [-0.3, -0.25) is 4.90 Å². The molecule has 0 unspecified atom stereocenters. The van der Waals surface area contributed by atoms with Crippen LogP contribution >= 0.6 is 0 Å². The molecule has 2 N–H and O–H groups in total. The predicted molar refractivity (Wildman–Crippen MR) is 98.5 cm³/mol. The number of aliphatic hydroxyl groups excluding tert-OH is 1. The van der Waals surface area contributed by atoms with Gasteiger partial charge in [0, 0.05) is 6.42 Å². The lowest BCUT2D eigenvalue weighted by atomic mass is 9.95. The minimum absolute atomic E-state index is 0.250. The average molecular weight is 341 g/mol. The lowest BCUT2D eigenvalue weighted by Gasteiger charge is -2.27. The number of H-pyrrole nitrogens is 1. The molecule has 6 nitrogen and oxygen atoms in total. The minimum atomic E-state index is -0.578. The van der Waals surface area contributed by atoms with E-state index in [9.17, 15) is 9.90 Å². The van der Waals surface area contributed by atoms with E-state index in [2.05, 4.69) is 9.97 Å². The van der Waals surface area contributed by atoms with Gasteiger partial charge in [-0.2, -0.15) is 0 Å². The number of rotatable bonds is 2. The normalized spacial score (nSPS) is 20.7. The smallest absolute Gasteiger partial charge is 0.411 e. The fourth-order valence-electron chi connectivity index (χ4n) is 2.98. The van der Waals surface area contributed by atoms with Crippen molar-refractivity contribution in [2.45, 2.75) is 44.9 Å². The lowest BCUT2D eigenvalue weighted by molar-refractivity contribution is 0.0201. The molecular formula is C18H24BN3O3. The molecule has 1 aliphatic rings. The number of carbonyl (C=O) groups is 1. The predicted octanol–water partition coefficient (Wildman–Crippen LogP) is 1.38. The minimum Gasteiger partial charge on any atom is -0.444 e. The molecule has 1 aliphatic heterocycles. The number of aromatic amines is 1. The van der Waals surface area contributed by atoms with Gasteiger partial charge in [0.15, 0.2) is 0 Å². The molecule has 3 rings (SSSR count). The Hall–Kier alpha value is -2.28. The molecule has 0 spiro atoms. The Kier molecular flexibility index (Phi) is 4.60. The number of ether oxygens (including phenoxy) is 1. The number of carbonyl (C=O) groups excluding carboxylic acids is 1. The molecule has 0 radical (unpaired) electrons. The Bertz CT molecular complexity index is 752. The van der Waals surface area contributed by atoms with Crippen molar-refractivity contribution in [2.24, 2.45) is 0 Å². The van der Waals surface area contributed by atoms with Gasteiger partial charge in [-0.15, -0.1) is 0 Å². The fraction of sp³-hybridized carbons (Fsp3) is 0.444. The standard InChI is InChI=1S/C18H24BN3O3/c1-18(2,3)25-17(24)22-10-13(23)8-15(22)16-20-9-14(21-16)11-4-6-12(19)7-5-11/h4-7,9,13,15,23H,8,10,19H2,1-3H3,(H,20,21)/t13-,15-/m0/s1. The third kappa shape index (κ3) is 4.04. The van der Waals surface area contributed by atoms with Crippen molar-refractivity contribution >= 4 is 19.4 Å². The van der Waals surface area contributed by atoms with Gasteiger partial charge in [-0.05, 0) is 26.3 Å². The molecule has 132 valence electrons. The van der Waals surface area contributed by atoms with Crippen LogP contribution in [0.1, 0.15) is 39.1 Å². The maximum absolute atomic E-state index is 12.5. The van der Waals surface area contributed by atoms with Crippen LogP contribution in [-0.4, -0.2) is 52.2 Å². The first kappa shape index (κ1) is 17.5. The van der Waals surface area contributed by atoms with E-state index in [0.29, 0.717) is 12.2 Å². The van der Waals surface area contributed by atoms with E-state index in [1.54, 1.807) is 11.1 Å². The van der Waals surface area contributed by atoms with E-state index in [-0.39, 0.29) is 12.6 Å². The molecule has 25 heavy (non-hydrogen) atoms. The van der Waals surface area contributed by atoms with Gasteiger partial charge >= 0.3 is 6.09 Å². The zero-order valence-corrected chi connectivity index (χ0v) is 15.1. The molecule has 7 heteroatoms. The van der Waals surface area contributed by atoms with Crippen molar-refractivity contribution in [2.75, 3.05) is 6.54 Å². The molecule has 0 aliphatic carbocycles. The number of benzene rings is 1. The topological polar surface area (TPSA) is 78.5 Å². The van der Waals surface area contributed by atoms with Gasteiger partial charge in [-0.1, -0.05) is 29.7 Å². The summed E-state index contributed by atoms with van der Waals surface area (Å²) in [5.41, 5.74) is 2.54. The highest BCUT2D eigenvalue weighted by Gasteiger charge is 2.39. The van der Waals surface area contributed by atoms with Crippen LogP contribution in [0.3, 0.4) is 0 Å². The number of β-amino-alcohol motifs (C(OH)–C–C–N with tert-alkyl or cyclic N) is 1. The van der Waals surface area contributed by atoms with Gasteiger partial charge in [0.1, 0.15) is 19.3 Å². The fourth-order valence-corrected chi connectivity index (χ4v) is 2.98. The van der Waals surface area contributed by atoms with Crippen LogP contribution < -0.4 is 5.46 Å². The largest absolute Gasteiger partial charge is 0.444 e. The van der Waals surface area contributed by atoms with Crippen LogP contribution in [-0.2, 0) is 4.74 Å². The monoisotopic (exact) mass is 341 g/mol. The first-order chi connectivity index (χ1) is 11.7. The number of hydrogen-bond donors (Lipinski definition) is 2. The third-order valence-corrected chi connectivity index (χ3v) is 4.18. The third-order valence-electron chi connectivity index (χ3n) is 4.18. The summed E-state index contributed by atoms with van der Waals surface area (Å²) in [7, 11) is 2.04. The van der Waals surface area contributed by atoms with E-state index < -0.39 is 17.8 Å². The summed E-state index contributed by atoms with van der Waals surface area (Å²) < 4.78 is 5.46. The number of nitrogens with one attached hydrogen (secondary N) is 1. The lowest BCUT2D eigenvalue weighted by Crippen LogP contribution is -2.37. The number of aliphatic hydroxyl groups is 1. The van der Waals surface area contributed by atoms with Crippen LogP contribution in [0.5, 0.6) is 0 Å². The molecule has 2 aromatic rings. The van der Waals surface area contributed by atoms with Gasteiger partial charge in [0.25, 0.3) is 0 Å². The summed E-state index contributed by atoms with van der Waals surface area (Å²) in [5.74, 6) is 0.665. The Morgan fingerprint density at radius 2 is 2.04 bits per heavy atom. The molecule has 1 aromatic heterocycles. The van der Waals surface area contributed by atoms with Crippen molar-refractivity contribution in [3.8, 4) is 11.3 Å². The van der Waals surface area contributed by atoms with Crippen molar-refractivity contribution < 1.29 is 14.6 Å². The SMILES string of the molecule is Bc1ccc(-c2cnc([C@@H]3C[C@H](O)CN3C(=O)OC(C)(C)C)[nH]2)cc1. The van der Waals surface area contributed by atoms with E-state index >= 15 is 0 Å². The second kappa shape index (κ2) is 6.56. The van der Waals surface area contributed by atoms with Crippen molar-refractivity contribution in [1.29, 1.82) is 0 Å². The second-order valence-electron chi connectivity index (χ2n) is 7.59. The Balaban J connectivity index is 1.82. The average Bonchev–Trinajstić information content (AvgIpc) is 3.12. The summed E-state index contributed by atoms with van der Waals surface area (Å²) in [6.45, 7) is 5.73. The molecule has 1 aromatic carbocycles. The van der Waals surface area contributed by atoms with Crippen LogP contribution in [0.2, 0.25) is 0 Å². The summed E-state index contributed by atoms with van der Waals surface area (Å²) in [6, 6.07) is 7.83. The molecule has 1 amide bonds. The van der Waals surface area contributed by atoms with Crippen LogP contribution in [0, 0.1) is 0 Å². The highest BCUT2D eigenvalue weighted by molar-refractivity contribution is 6.32. The number of nitrogens with zero attached hydrogens (tertiary/aromatic N) is 2. The number of likely N-dealkylation sites (tertiary alicyclic amines) is 1. The quantitative estimate of drug-likeness (QED) is 0.809. The molecule has 2 atom stereocenters. The second-order valence-corrected chi connectivity index (χ2v) is 7.59. The maximum Gasteiger partial charge on any atom is 0.411 e. The van der Waals surface area contributed by atoms with Crippen LogP contribution in [0.15, 0.2) is 30.5 Å². The van der Waals surface area contributed by atoms with E-state index in [1.165, 1.54) is 5.46 Å². The molecule has 0 bridgehead atoms. The van der Waals surface area contributed by atoms with Gasteiger partial charge in [0.2, 0.25) is 0 Å². The summed E-state index contributed by atoms with van der Waals surface area (Å²) in [6.07, 6.45) is 1.20. The van der Waals surface area contributed by atoms with Crippen LogP contribution in [0.25, 0.3) is 11.3 Å². The van der Waals surface area contributed by atoms with E-state index in [4.69, 9.17) is 4.74 Å². The number of imidazole rings is 1. The van der Waals surface area contributed by atoms with Gasteiger partial charge in [-0.25, -0.2) is 9.78 Å². The summed E-state index contributed by atoms with van der Waals surface area (Å²) in [5, 5.41) is 10.0. The number of aromatic nitrogens is 2. The first-order valence-corrected chi connectivity index (χ1v) is 8.52. The molecular weight excluding hydrogens is 317 g/mol. The molecule has 1 saturated heterocycles. The van der Waals surface area contributed by atoms with Crippen LogP contribution in [0.4, 0.5) is 4.79 Å².